The van der Waals surface area contributed by atoms with E-state index in [-0.39, 0.29) is 10.6 Å². The molecule has 1 aliphatic rings. The van der Waals surface area contributed by atoms with Crippen LogP contribution in [0.25, 0.3) is 0 Å². The maximum atomic E-state index is 11.0. The van der Waals surface area contributed by atoms with Crippen LogP contribution in [0.4, 0.5) is 11.4 Å². The lowest BCUT2D eigenvalue weighted by Crippen LogP contribution is -2.16. The van der Waals surface area contributed by atoms with Crippen molar-refractivity contribution in [3.63, 3.8) is 0 Å². The molecule has 2 rings (SSSR count). The van der Waals surface area contributed by atoms with Gasteiger partial charge in [0.25, 0.3) is 5.69 Å². The summed E-state index contributed by atoms with van der Waals surface area (Å²) in [6, 6.07) is 5.10. The Labute approximate surface area is 122 Å². The summed E-state index contributed by atoms with van der Waals surface area (Å²) in [7, 11) is 0. The Kier molecular flexibility index (Phi) is 4.93. The number of nitrogens with one attached hydrogen (secondary N) is 1. The first-order valence-corrected chi connectivity index (χ1v) is 7.85. The van der Waals surface area contributed by atoms with Gasteiger partial charge in [0.05, 0.1) is 4.92 Å². The Hall–Kier alpha value is -0.940. The van der Waals surface area contributed by atoms with Gasteiger partial charge in [-0.05, 0) is 37.1 Å². The minimum Gasteiger partial charge on any atom is -0.377 e. The van der Waals surface area contributed by atoms with Crippen LogP contribution in [0.1, 0.15) is 26.2 Å². The molecular formula is C13H17ClN2O2S. The smallest absolute Gasteiger partial charge is 0.293 e. The Morgan fingerprint density at radius 2 is 2.32 bits per heavy atom. The lowest BCUT2D eigenvalue weighted by Gasteiger charge is -2.14. The van der Waals surface area contributed by atoms with Crippen LogP contribution in [-0.2, 0) is 0 Å². The molecule has 104 valence electrons. The number of hydrogen-bond donors (Lipinski definition) is 1. The van der Waals surface area contributed by atoms with Crippen molar-refractivity contribution in [1.29, 1.82) is 0 Å². The van der Waals surface area contributed by atoms with Crippen molar-refractivity contribution < 1.29 is 4.92 Å². The predicted octanol–water partition coefficient (Wildman–Crippen LogP) is 4.33. The molecule has 1 aliphatic carbocycles. The van der Waals surface area contributed by atoms with E-state index in [0.717, 1.165) is 18.6 Å². The Balaban J connectivity index is 2.05. The molecule has 0 bridgehead atoms. The summed E-state index contributed by atoms with van der Waals surface area (Å²) < 4.78 is 0. The van der Waals surface area contributed by atoms with Crippen molar-refractivity contribution in [3.8, 4) is 0 Å². The van der Waals surface area contributed by atoms with E-state index in [9.17, 15) is 10.1 Å². The molecule has 2 unspecified atom stereocenters. The van der Waals surface area contributed by atoms with Crippen molar-refractivity contribution in [2.75, 3.05) is 11.1 Å². The van der Waals surface area contributed by atoms with Gasteiger partial charge in [-0.25, -0.2) is 0 Å². The summed E-state index contributed by atoms with van der Waals surface area (Å²) in [5.41, 5.74) is 0.626. The van der Waals surface area contributed by atoms with Crippen LogP contribution in [-0.4, -0.2) is 22.0 Å². The zero-order valence-corrected chi connectivity index (χ0v) is 12.3. The van der Waals surface area contributed by atoms with Gasteiger partial charge in [0.2, 0.25) is 0 Å². The molecule has 0 heterocycles. The van der Waals surface area contributed by atoms with E-state index in [0.29, 0.717) is 22.0 Å². The Morgan fingerprint density at radius 1 is 1.53 bits per heavy atom. The van der Waals surface area contributed by atoms with Crippen molar-refractivity contribution in [1.82, 2.24) is 0 Å². The van der Waals surface area contributed by atoms with Gasteiger partial charge < -0.3 is 5.32 Å². The molecule has 1 aromatic rings. The predicted molar refractivity (Wildman–Crippen MR) is 81.3 cm³/mol. The average Bonchev–Trinajstić information content (AvgIpc) is 2.79. The first-order chi connectivity index (χ1) is 9.10. The molecule has 1 aromatic carbocycles. The number of halogens is 1. The largest absolute Gasteiger partial charge is 0.377 e. The monoisotopic (exact) mass is 300 g/mol. The number of nitro benzene ring substituents is 1. The number of hydrogen-bond acceptors (Lipinski definition) is 4. The normalized spacial score (nSPS) is 22.4. The van der Waals surface area contributed by atoms with Crippen LogP contribution < -0.4 is 5.32 Å². The summed E-state index contributed by atoms with van der Waals surface area (Å²) in [4.78, 5) is 10.6. The fourth-order valence-electron chi connectivity index (χ4n) is 2.46. The van der Waals surface area contributed by atoms with E-state index < -0.39 is 0 Å². The molecule has 0 saturated heterocycles. The van der Waals surface area contributed by atoms with Crippen molar-refractivity contribution in [2.45, 2.75) is 37.5 Å². The van der Waals surface area contributed by atoms with Gasteiger partial charge in [0.1, 0.15) is 5.69 Å². The lowest BCUT2D eigenvalue weighted by molar-refractivity contribution is -0.384. The standard InChI is InChI=1S/C13H17ClN2O2S/c1-2-19-11-5-4-10(8-11)15-12-6-3-9(14)7-13(12)16(17)18/h3,6-7,10-11,15H,2,4-5,8H2,1H3. The van der Waals surface area contributed by atoms with Crippen molar-refractivity contribution >= 4 is 34.7 Å². The molecule has 0 spiro atoms. The zero-order chi connectivity index (χ0) is 13.8. The number of nitro groups is 1. The zero-order valence-electron chi connectivity index (χ0n) is 10.8. The third-order valence-electron chi connectivity index (χ3n) is 3.30. The Bertz CT molecular complexity index is 470. The molecule has 1 N–H and O–H groups in total. The summed E-state index contributed by atoms with van der Waals surface area (Å²) in [5, 5.41) is 15.4. The lowest BCUT2D eigenvalue weighted by atomic mass is 10.2. The summed E-state index contributed by atoms with van der Waals surface area (Å²) in [6.07, 6.45) is 3.31. The second kappa shape index (κ2) is 6.48. The van der Waals surface area contributed by atoms with Crippen molar-refractivity contribution in [3.05, 3.63) is 33.3 Å². The van der Waals surface area contributed by atoms with Crippen LogP contribution in [0.15, 0.2) is 18.2 Å². The quantitative estimate of drug-likeness (QED) is 0.649. The Morgan fingerprint density at radius 3 is 3.00 bits per heavy atom. The van der Waals surface area contributed by atoms with Gasteiger partial charge >= 0.3 is 0 Å². The maximum Gasteiger partial charge on any atom is 0.293 e. The molecule has 1 saturated carbocycles. The number of thioether (sulfide) groups is 1. The van der Waals surface area contributed by atoms with Gasteiger partial charge in [0, 0.05) is 22.4 Å². The van der Waals surface area contributed by atoms with E-state index in [2.05, 4.69) is 12.2 Å². The first kappa shape index (κ1) is 14.5. The van der Waals surface area contributed by atoms with Gasteiger partial charge in [-0.1, -0.05) is 18.5 Å². The molecule has 2 atom stereocenters. The summed E-state index contributed by atoms with van der Waals surface area (Å²) in [5.74, 6) is 1.12. The summed E-state index contributed by atoms with van der Waals surface area (Å²) >= 11 is 7.78. The third-order valence-corrected chi connectivity index (χ3v) is 4.77. The van der Waals surface area contributed by atoms with E-state index in [1.54, 1.807) is 12.1 Å². The van der Waals surface area contributed by atoms with Crippen LogP contribution in [0, 0.1) is 10.1 Å². The average molecular weight is 301 g/mol. The molecule has 19 heavy (non-hydrogen) atoms. The first-order valence-electron chi connectivity index (χ1n) is 6.42. The fourth-order valence-corrected chi connectivity index (χ4v) is 3.76. The fraction of sp³-hybridized carbons (Fsp3) is 0.538. The highest BCUT2D eigenvalue weighted by atomic mass is 35.5. The van der Waals surface area contributed by atoms with Crippen LogP contribution in [0.5, 0.6) is 0 Å². The summed E-state index contributed by atoms with van der Waals surface area (Å²) in [6.45, 7) is 2.16. The second-order valence-corrected chi connectivity index (χ2v) is 6.66. The van der Waals surface area contributed by atoms with Gasteiger partial charge in [-0.2, -0.15) is 11.8 Å². The van der Waals surface area contributed by atoms with E-state index in [4.69, 9.17) is 11.6 Å². The third kappa shape index (κ3) is 3.76. The van der Waals surface area contributed by atoms with Crippen molar-refractivity contribution in [2.24, 2.45) is 0 Å². The highest BCUT2D eigenvalue weighted by Gasteiger charge is 2.26. The molecule has 0 aliphatic heterocycles. The number of nitrogens with zero attached hydrogens (tertiary/aromatic N) is 1. The number of anilines is 1. The minimum atomic E-state index is -0.387. The second-order valence-electron chi connectivity index (χ2n) is 4.65. The molecule has 0 amide bonds. The highest BCUT2D eigenvalue weighted by molar-refractivity contribution is 7.99. The van der Waals surface area contributed by atoms with E-state index >= 15 is 0 Å². The molecular weight excluding hydrogens is 284 g/mol. The minimum absolute atomic E-state index is 0.0547. The SMILES string of the molecule is CCSC1CCC(Nc2ccc(Cl)cc2[N+](=O)[O-])C1. The molecule has 0 aromatic heterocycles. The molecule has 0 radical (unpaired) electrons. The number of rotatable bonds is 5. The molecule has 6 heteroatoms. The van der Waals surface area contributed by atoms with E-state index in [1.807, 2.05) is 11.8 Å². The van der Waals surface area contributed by atoms with E-state index in [1.165, 1.54) is 12.5 Å². The van der Waals surface area contributed by atoms with Gasteiger partial charge in [0.15, 0.2) is 0 Å². The maximum absolute atomic E-state index is 11.0. The van der Waals surface area contributed by atoms with Gasteiger partial charge in [-0.15, -0.1) is 0 Å². The molecule has 1 fully saturated rings. The van der Waals surface area contributed by atoms with Crippen LogP contribution >= 0.6 is 23.4 Å². The number of benzene rings is 1. The van der Waals surface area contributed by atoms with Crippen LogP contribution in [0.3, 0.4) is 0 Å². The molecule has 4 nitrogen and oxygen atoms in total. The van der Waals surface area contributed by atoms with Crippen LogP contribution in [0.2, 0.25) is 5.02 Å². The van der Waals surface area contributed by atoms with Gasteiger partial charge in [-0.3, -0.25) is 10.1 Å². The highest BCUT2D eigenvalue weighted by Crippen LogP contribution is 2.34. The topological polar surface area (TPSA) is 55.2 Å².